The molecule has 0 fully saturated rings. The van der Waals surface area contributed by atoms with Crippen LogP contribution in [-0.2, 0) is 30.4 Å². The Kier molecular flexibility index (Phi) is 39.7. The molecule has 24 heteroatoms. The third kappa shape index (κ3) is 21.5. The normalized spacial score (nSPS) is 8.93. The van der Waals surface area contributed by atoms with Crippen molar-refractivity contribution in [3.05, 3.63) is 72.8 Å². The summed E-state index contributed by atoms with van der Waals surface area (Å²) in [4.78, 5) is -1.08. The maximum atomic E-state index is 10.4. The van der Waals surface area contributed by atoms with Crippen LogP contribution in [-0.4, -0.2) is 82.7 Å². The number of rotatable bonds is 3. The van der Waals surface area contributed by atoms with E-state index in [9.17, 15) is 38.9 Å². The van der Waals surface area contributed by atoms with E-state index >= 15 is 0 Å². The molecule has 3 aromatic rings. The van der Waals surface area contributed by atoms with E-state index in [2.05, 4.69) is 0 Å². The average molecular weight is 820 g/mol. The van der Waals surface area contributed by atoms with Gasteiger partial charge in [0, 0.05) is 17.1 Å². The minimum Gasteiger partial charge on any atom is -0.744 e. The fourth-order valence-corrected chi connectivity index (χ4v) is 3.93. The quantitative estimate of drug-likeness (QED) is 0.164. The second kappa shape index (κ2) is 26.4. The molecular formula is C18H34N3O17S3Tb. The summed E-state index contributed by atoms with van der Waals surface area (Å²) in [6.07, 6.45) is 0. The zero-order valence-corrected chi connectivity index (χ0v) is 25.5. The SMILES string of the molecule is Nc1ccccc1S(=O)(=O)[O-].Nc1ccccc1S(=O)(=O)[O-].Nc1ccccc1S(=O)(=O)[O-].O.O.O.O.O.O.O.O.[Tb+3]. The molecule has 0 unspecified atom stereocenters. The third-order valence-corrected chi connectivity index (χ3v) is 6.30. The number of anilines is 3. The summed E-state index contributed by atoms with van der Waals surface area (Å²) in [6, 6.07) is 16.6. The molecule has 0 aliphatic heterocycles. The van der Waals surface area contributed by atoms with Gasteiger partial charge < -0.3 is 74.7 Å². The topological polar surface area (TPSA) is 502 Å². The number of para-hydroxylation sites is 3. The monoisotopic (exact) mass is 819 g/mol. The van der Waals surface area contributed by atoms with E-state index in [1.54, 1.807) is 18.2 Å². The van der Waals surface area contributed by atoms with Gasteiger partial charge in [-0.05, 0) is 36.4 Å². The number of nitrogens with two attached hydrogens (primary N) is 3. The van der Waals surface area contributed by atoms with E-state index in [0.717, 1.165) is 0 Å². The molecule has 0 bridgehead atoms. The average Bonchev–Trinajstić information content (AvgIpc) is 2.67. The van der Waals surface area contributed by atoms with Crippen LogP contribution in [0.5, 0.6) is 0 Å². The number of hydrogen-bond donors (Lipinski definition) is 3. The molecule has 0 saturated carbocycles. The first kappa shape index (κ1) is 63.1. The maximum Gasteiger partial charge on any atom is 3.00 e. The second-order valence-corrected chi connectivity index (χ2v) is 10.0. The van der Waals surface area contributed by atoms with Crippen LogP contribution in [0.25, 0.3) is 0 Å². The molecule has 0 amide bonds. The van der Waals surface area contributed by atoms with Crippen molar-refractivity contribution in [2.24, 2.45) is 0 Å². The van der Waals surface area contributed by atoms with Gasteiger partial charge in [-0.25, -0.2) is 25.3 Å². The van der Waals surface area contributed by atoms with Gasteiger partial charge in [0.2, 0.25) is 0 Å². The summed E-state index contributed by atoms with van der Waals surface area (Å²) in [5.74, 6) is 0. The molecule has 42 heavy (non-hydrogen) atoms. The zero-order chi connectivity index (χ0) is 25.4. The smallest absolute Gasteiger partial charge is 0.744 e. The molecule has 3 rings (SSSR count). The molecule has 0 atom stereocenters. The maximum absolute atomic E-state index is 10.4. The standard InChI is InChI=1S/3C6H7NO3S.8H2O.Tb/c3*7-5-3-1-2-4-6(5)11(8,9)10;;;;;;;;;/h3*1-4H,7H2,(H,8,9,10);8*1H2;/q;;;;;;;;;;;+3/p-3. The summed E-state index contributed by atoms with van der Waals surface area (Å²) >= 11 is 0. The first-order chi connectivity index (χ1) is 15.0. The molecule has 20 nitrogen and oxygen atoms in total. The molecule has 22 N–H and O–H groups in total. The van der Waals surface area contributed by atoms with Crippen molar-refractivity contribution in [3.8, 4) is 0 Å². The Morgan fingerprint density at radius 2 is 0.524 bits per heavy atom. The summed E-state index contributed by atoms with van der Waals surface area (Å²) < 4.78 is 93.8. The van der Waals surface area contributed by atoms with Gasteiger partial charge in [0.05, 0.1) is 14.7 Å². The van der Waals surface area contributed by atoms with E-state index in [-0.39, 0.29) is 114 Å². The van der Waals surface area contributed by atoms with E-state index < -0.39 is 30.4 Å². The molecule has 3 aromatic carbocycles. The molecule has 0 aliphatic carbocycles. The molecule has 0 aliphatic rings. The van der Waals surface area contributed by atoms with Crippen molar-refractivity contribution in [1.82, 2.24) is 0 Å². The van der Waals surface area contributed by atoms with Crippen LogP contribution in [0.15, 0.2) is 87.5 Å². The van der Waals surface area contributed by atoms with Crippen LogP contribution < -0.4 is 17.2 Å². The molecule has 250 valence electrons. The Balaban J connectivity index is -0.0000000502. The van der Waals surface area contributed by atoms with Gasteiger partial charge in [0.15, 0.2) is 0 Å². The van der Waals surface area contributed by atoms with Crippen LogP contribution in [0.4, 0.5) is 17.1 Å². The number of hydrogen-bond acceptors (Lipinski definition) is 12. The van der Waals surface area contributed by atoms with Crippen molar-refractivity contribution in [1.29, 1.82) is 0 Å². The Labute approximate surface area is 271 Å². The van der Waals surface area contributed by atoms with Crippen LogP contribution in [0, 0.1) is 38.6 Å². The Morgan fingerprint density at radius 3 is 0.619 bits per heavy atom. The van der Waals surface area contributed by atoms with Gasteiger partial charge in [-0.15, -0.1) is 0 Å². The van der Waals surface area contributed by atoms with Crippen LogP contribution >= 0.6 is 0 Å². The van der Waals surface area contributed by atoms with Gasteiger partial charge in [-0.2, -0.15) is 0 Å². The Hall–Kier alpha value is -2.24. The zero-order valence-electron chi connectivity index (χ0n) is 20.9. The minimum absolute atomic E-state index is 0. The van der Waals surface area contributed by atoms with Crippen LogP contribution in [0.1, 0.15) is 0 Å². The summed E-state index contributed by atoms with van der Waals surface area (Å²) in [7, 11) is -13.2. The van der Waals surface area contributed by atoms with Gasteiger partial charge in [0.1, 0.15) is 30.4 Å². The van der Waals surface area contributed by atoms with Crippen LogP contribution in [0.2, 0.25) is 0 Å². The molecule has 0 heterocycles. The van der Waals surface area contributed by atoms with Crippen molar-refractivity contribution >= 4 is 47.4 Å². The Bertz CT molecular complexity index is 1270. The second-order valence-electron chi connectivity index (χ2n) is 5.98. The number of benzene rings is 3. The molecule has 0 spiro atoms. The molecule has 0 radical (unpaired) electrons. The fraction of sp³-hybridized carbons (Fsp3) is 0. The van der Waals surface area contributed by atoms with Crippen molar-refractivity contribution in [3.63, 3.8) is 0 Å². The fourth-order valence-electron chi connectivity index (χ4n) is 2.12. The molecular weight excluding hydrogens is 785 g/mol. The van der Waals surface area contributed by atoms with Gasteiger partial charge >= 0.3 is 38.6 Å². The summed E-state index contributed by atoms with van der Waals surface area (Å²) in [5, 5.41) is 0. The first-order valence-electron chi connectivity index (χ1n) is 8.46. The predicted molar refractivity (Wildman–Crippen MR) is 145 cm³/mol. The number of nitrogen functional groups attached to an aromatic ring is 3. The van der Waals surface area contributed by atoms with Crippen molar-refractivity contribution in [2.45, 2.75) is 14.7 Å². The first-order valence-corrected chi connectivity index (χ1v) is 12.7. The van der Waals surface area contributed by atoms with E-state index in [1.807, 2.05) is 0 Å². The van der Waals surface area contributed by atoms with Crippen molar-refractivity contribution in [2.75, 3.05) is 17.2 Å². The van der Waals surface area contributed by atoms with Gasteiger partial charge in [-0.3, -0.25) is 0 Å². The van der Waals surface area contributed by atoms with Gasteiger partial charge in [0.25, 0.3) is 0 Å². The van der Waals surface area contributed by atoms with E-state index in [0.29, 0.717) is 0 Å². The van der Waals surface area contributed by atoms with E-state index in [4.69, 9.17) is 17.2 Å². The van der Waals surface area contributed by atoms with Gasteiger partial charge in [-0.1, -0.05) is 36.4 Å². The predicted octanol–water partition coefficient (Wildman–Crippen LogP) is -6.08. The van der Waals surface area contributed by atoms with Crippen LogP contribution in [0.3, 0.4) is 0 Å². The summed E-state index contributed by atoms with van der Waals surface area (Å²) in [6.45, 7) is 0. The third-order valence-electron chi connectivity index (χ3n) is 3.57. The Morgan fingerprint density at radius 1 is 0.381 bits per heavy atom. The minimum atomic E-state index is -4.41. The van der Waals surface area contributed by atoms with E-state index in [1.165, 1.54) is 54.6 Å². The summed E-state index contributed by atoms with van der Waals surface area (Å²) in [5.41, 5.74) is 15.6. The van der Waals surface area contributed by atoms with Crippen molar-refractivity contribution < 1.29 is 121 Å². The molecule has 0 saturated heterocycles. The largest absolute Gasteiger partial charge is 3.00 e. The molecule has 0 aromatic heterocycles.